The van der Waals surface area contributed by atoms with E-state index < -0.39 is 17.1 Å². The van der Waals surface area contributed by atoms with E-state index in [2.05, 4.69) is 0 Å². The topological polar surface area (TPSA) is 83.6 Å². The van der Waals surface area contributed by atoms with Gasteiger partial charge in [0.15, 0.2) is 5.76 Å². The maximum atomic E-state index is 10.8. The molecule has 0 bridgehead atoms. The van der Waals surface area contributed by atoms with Crippen LogP contribution in [0.2, 0.25) is 0 Å². The molecule has 0 aromatic heterocycles. The van der Waals surface area contributed by atoms with Crippen molar-refractivity contribution in [2.75, 3.05) is 0 Å². The predicted octanol–water partition coefficient (Wildman–Crippen LogP) is -0.562. The molecule has 0 spiro atoms. The molecule has 1 aliphatic carbocycles. The number of carbonyl (C=O) groups excluding carboxylic acids is 1. The van der Waals surface area contributed by atoms with Gasteiger partial charge in [0.1, 0.15) is 5.60 Å². The average molecular weight is 143 g/mol. The van der Waals surface area contributed by atoms with Gasteiger partial charge < -0.3 is 15.9 Å². The van der Waals surface area contributed by atoms with Crippen LogP contribution in [0.3, 0.4) is 0 Å². The summed E-state index contributed by atoms with van der Waals surface area (Å²) in [5, 5.41) is 18.0. The van der Waals surface area contributed by atoms with E-state index in [0.29, 0.717) is 0 Å². The number of ketones is 1. The Labute approximate surface area is 58.0 Å². The highest BCUT2D eigenvalue weighted by Crippen LogP contribution is 2.26. The van der Waals surface area contributed by atoms with Gasteiger partial charge in [0.25, 0.3) is 0 Å². The summed E-state index contributed by atoms with van der Waals surface area (Å²) in [6.07, 6.45) is 0.0255. The maximum Gasteiger partial charge on any atom is 0.230 e. The minimum Gasteiger partial charge on any atom is -0.503 e. The molecule has 1 rings (SSSR count). The van der Waals surface area contributed by atoms with E-state index >= 15 is 0 Å². The molecular formula is C6H9NO3. The smallest absolute Gasteiger partial charge is 0.230 e. The maximum absolute atomic E-state index is 10.8. The Hall–Kier alpha value is -1.03. The zero-order chi connectivity index (χ0) is 7.94. The second kappa shape index (κ2) is 1.73. The number of nitrogens with two attached hydrogens (primary N) is 1. The monoisotopic (exact) mass is 143 g/mol. The number of Topliss-reactive ketones (excluding diaryl/α,β-unsaturated/α-hetero) is 1. The van der Waals surface area contributed by atoms with Crippen molar-refractivity contribution in [3.63, 3.8) is 0 Å². The number of hydrogen-bond donors (Lipinski definition) is 3. The molecule has 0 aliphatic heterocycles. The quantitative estimate of drug-likeness (QED) is 0.424. The van der Waals surface area contributed by atoms with Gasteiger partial charge in [-0.05, 0) is 6.92 Å². The Morgan fingerprint density at radius 1 is 1.70 bits per heavy atom. The lowest BCUT2D eigenvalue weighted by Gasteiger charge is -2.11. The lowest BCUT2D eigenvalue weighted by atomic mass is 10.0. The number of aliphatic hydroxyl groups is 2. The molecule has 1 unspecified atom stereocenters. The first kappa shape index (κ1) is 7.08. The second-order valence-corrected chi connectivity index (χ2v) is 2.65. The van der Waals surface area contributed by atoms with Crippen LogP contribution in [0.4, 0.5) is 0 Å². The summed E-state index contributed by atoms with van der Waals surface area (Å²) >= 11 is 0. The zero-order valence-corrected chi connectivity index (χ0v) is 5.59. The summed E-state index contributed by atoms with van der Waals surface area (Å²) < 4.78 is 0. The molecule has 0 fully saturated rings. The van der Waals surface area contributed by atoms with Crippen molar-refractivity contribution < 1.29 is 15.0 Å². The molecule has 0 aromatic rings. The van der Waals surface area contributed by atoms with Crippen LogP contribution in [0.5, 0.6) is 0 Å². The van der Waals surface area contributed by atoms with Crippen molar-refractivity contribution in [2.24, 2.45) is 5.73 Å². The second-order valence-electron chi connectivity index (χ2n) is 2.65. The van der Waals surface area contributed by atoms with E-state index in [9.17, 15) is 9.90 Å². The molecular weight excluding hydrogens is 134 g/mol. The molecule has 0 saturated heterocycles. The van der Waals surface area contributed by atoms with Gasteiger partial charge in [0.2, 0.25) is 5.78 Å². The summed E-state index contributed by atoms with van der Waals surface area (Å²) in [6.45, 7) is 1.32. The van der Waals surface area contributed by atoms with Crippen LogP contribution in [-0.2, 0) is 4.79 Å². The highest BCUT2D eigenvalue weighted by atomic mass is 16.3. The van der Waals surface area contributed by atoms with E-state index in [1.165, 1.54) is 6.92 Å². The Morgan fingerprint density at radius 3 is 2.30 bits per heavy atom. The lowest BCUT2D eigenvalue weighted by Crippen LogP contribution is -2.31. The Balaban J connectivity index is 2.99. The highest BCUT2D eigenvalue weighted by Gasteiger charge is 2.41. The van der Waals surface area contributed by atoms with Crippen LogP contribution < -0.4 is 5.73 Å². The standard InChI is InChI=1S/C6H9NO3/c1-6(10)2-3(7)4(8)5(6)9/h8,10H,2,7H2,1H3. The first-order valence-corrected chi connectivity index (χ1v) is 2.90. The summed E-state index contributed by atoms with van der Waals surface area (Å²) in [4.78, 5) is 10.8. The number of hydrogen-bond acceptors (Lipinski definition) is 4. The molecule has 0 radical (unpaired) electrons. The SMILES string of the molecule is CC1(O)CC(N)=C(O)C1=O. The summed E-state index contributed by atoms with van der Waals surface area (Å²) in [5.41, 5.74) is 3.77. The molecule has 1 aliphatic rings. The van der Waals surface area contributed by atoms with E-state index in [1.54, 1.807) is 0 Å². The third-order valence-electron chi connectivity index (χ3n) is 1.54. The fourth-order valence-corrected chi connectivity index (χ4v) is 0.936. The van der Waals surface area contributed by atoms with Gasteiger partial charge in [-0.3, -0.25) is 4.79 Å². The van der Waals surface area contributed by atoms with E-state index in [4.69, 9.17) is 10.8 Å². The van der Waals surface area contributed by atoms with Crippen LogP contribution in [0, 0.1) is 0 Å². The number of rotatable bonds is 0. The number of aliphatic hydroxyl groups excluding tert-OH is 1. The first-order chi connectivity index (χ1) is 4.45. The molecule has 10 heavy (non-hydrogen) atoms. The van der Waals surface area contributed by atoms with Crippen LogP contribution in [-0.4, -0.2) is 21.6 Å². The minimum absolute atomic E-state index is 0.0255. The average Bonchev–Trinajstić information content (AvgIpc) is 1.95. The van der Waals surface area contributed by atoms with Gasteiger partial charge in [-0.1, -0.05) is 0 Å². The summed E-state index contributed by atoms with van der Waals surface area (Å²) in [7, 11) is 0. The summed E-state index contributed by atoms with van der Waals surface area (Å²) in [5.74, 6) is -1.19. The largest absolute Gasteiger partial charge is 0.503 e. The van der Waals surface area contributed by atoms with E-state index in [-0.39, 0.29) is 12.1 Å². The number of carbonyl (C=O) groups is 1. The molecule has 0 amide bonds. The third-order valence-corrected chi connectivity index (χ3v) is 1.54. The fourth-order valence-electron chi connectivity index (χ4n) is 0.936. The lowest BCUT2D eigenvalue weighted by molar-refractivity contribution is -0.132. The van der Waals surface area contributed by atoms with Gasteiger partial charge >= 0.3 is 0 Å². The molecule has 4 heteroatoms. The van der Waals surface area contributed by atoms with Crippen LogP contribution in [0.15, 0.2) is 11.5 Å². The zero-order valence-electron chi connectivity index (χ0n) is 5.59. The van der Waals surface area contributed by atoms with E-state index in [0.717, 1.165) is 0 Å². The van der Waals surface area contributed by atoms with Crippen LogP contribution >= 0.6 is 0 Å². The predicted molar refractivity (Wildman–Crippen MR) is 34.1 cm³/mol. The van der Waals surface area contributed by atoms with Gasteiger partial charge in [-0.15, -0.1) is 0 Å². The molecule has 0 saturated carbocycles. The molecule has 56 valence electrons. The fraction of sp³-hybridized carbons (Fsp3) is 0.500. The van der Waals surface area contributed by atoms with Crippen molar-refractivity contribution in [3.05, 3.63) is 11.5 Å². The third kappa shape index (κ3) is 0.769. The Morgan fingerprint density at radius 2 is 2.20 bits per heavy atom. The van der Waals surface area contributed by atoms with Gasteiger partial charge in [0.05, 0.1) is 5.70 Å². The molecule has 1 atom stereocenters. The van der Waals surface area contributed by atoms with Gasteiger partial charge in [-0.2, -0.15) is 0 Å². The normalized spacial score (nSPS) is 33.6. The minimum atomic E-state index is -1.49. The molecule has 0 heterocycles. The van der Waals surface area contributed by atoms with Crippen molar-refractivity contribution in [1.82, 2.24) is 0 Å². The van der Waals surface area contributed by atoms with Crippen molar-refractivity contribution >= 4 is 5.78 Å². The molecule has 4 N–H and O–H groups in total. The Bertz CT molecular complexity index is 217. The first-order valence-electron chi connectivity index (χ1n) is 2.90. The molecule has 0 aromatic carbocycles. The van der Waals surface area contributed by atoms with Crippen molar-refractivity contribution in [2.45, 2.75) is 18.9 Å². The van der Waals surface area contributed by atoms with Crippen molar-refractivity contribution in [1.29, 1.82) is 0 Å². The van der Waals surface area contributed by atoms with Gasteiger partial charge in [-0.25, -0.2) is 0 Å². The summed E-state index contributed by atoms with van der Waals surface area (Å²) in [6, 6.07) is 0. The van der Waals surface area contributed by atoms with E-state index in [1.807, 2.05) is 0 Å². The molecule has 4 nitrogen and oxygen atoms in total. The van der Waals surface area contributed by atoms with Crippen LogP contribution in [0.1, 0.15) is 13.3 Å². The van der Waals surface area contributed by atoms with Crippen molar-refractivity contribution in [3.8, 4) is 0 Å². The highest BCUT2D eigenvalue weighted by molar-refractivity contribution is 6.02. The van der Waals surface area contributed by atoms with Gasteiger partial charge in [0, 0.05) is 6.42 Å². The van der Waals surface area contributed by atoms with Crippen LogP contribution in [0.25, 0.3) is 0 Å². The Kier molecular flexibility index (Phi) is 1.22.